The maximum Gasteiger partial charge on any atom is 0.416 e. The minimum Gasteiger partial charge on any atom is -0.342 e. The smallest absolute Gasteiger partial charge is 0.342 e. The molecule has 0 amide bonds. The van der Waals surface area contributed by atoms with Crippen LogP contribution in [0.5, 0.6) is 0 Å². The molecule has 1 unspecified atom stereocenters. The zero-order valence-corrected chi connectivity index (χ0v) is 11.4. The Hall–Kier alpha value is -1.82. The number of benzene rings is 1. The van der Waals surface area contributed by atoms with Crippen molar-refractivity contribution in [2.75, 3.05) is 13.1 Å². The molecule has 1 aliphatic rings. The third-order valence-electron chi connectivity index (χ3n) is 3.78. The summed E-state index contributed by atoms with van der Waals surface area (Å²) in [6, 6.07) is 5.30. The minimum atomic E-state index is -4.33. The number of aromatic amines is 1. The van der Waals surface area contributed by atoms with E-state index in [1.165, 1.54) is 6.07 Å². The van der Waals surface area contributed by atoms with Crippen molar-refractivity contribution in [2.24, 2.45) is 0 Å². The Morgan fingerprint density at radius 1 is 1.24 bits per heavy atom. The van der Waals surface area contributed by atoms with Crippen LogP contribution in [-0.4, -0.2) is 23.1 Å². The van der Waals surface area contributed by atoms with Crippen molar-refractivity contribution < 1.29 is 13.2 Å². The predicted molar refractivity (Wildman–Crippen MR) is 73.9 cm³/mol. The lowest BCUT2D eigenvalue weighted by molar-refractivity contribution is -0.137. The summed E-state index contributed by atoms with van der Waals surface area (Å²) in [5.41, 5.74) is 0.490. The Bertz CT molecular complexity index is 613. The predicted octanol–water partition coefficient (Wildman–Crippen LogP) is 3.56. The van der Waals surface area contributed by atoms with Crippen molar-refractivity contribution in [3.05, 3.63) is 41.9 Å². The summed E-state index contributed by atoms with van der Waals surface area (Å²) in [7, 11) is 0. The average molecular weight is 295 g/mol. The maximum atomic E-state index is 12.7. The van der Waals surface area contributed by atoms with E-state index in [1.807, 2.05) is 0 Å². The zero-order chi connectivity index (χ0) is 14.9. The quantitative estimate of drug-likeness (QED) is 0.889. The van der Waals surface area contributed by atoms with E-state index in [-0.39, 0.29) is 0 Å². The molecule has 2 aromatic rings. The third-order valence-corrected chi connectivity index (χ3v) is 3.78. The van der Waals surface area contributed by atoms with Crippen LogP contribution < -0.4 is 5.32 Å². The Balaban J connectivity index is 1.86. The molecule has 1 saturated heterocycles. The third kappa shape index (κ3) is 3.10. The van der Waals surface area contributed by atoms with Gasteiger partial charge in [-0.1, -0.05) is 12.1 Å². The van der Waals surface area contributed by atoms with Crippen LogP contribution in [0, 0.1) is 0 Å². The normalized spacial score (nSPS) is 19.7. The van der Waals surface area contributed by atoms with Crippen LogP contribution in [-0.2, 0) is 6.18 Å². The Kier molecular flexibility index (Phi) is 3.71. The Morgan fingerprint density at radius 3 is 2.81 bits per heavy atom. The van der Waals surface area contributed by atoms with Crippen molar-refractivity contribution in [1.29, 1.82) is 0 Å². The first kappa shape index (κ1) is 14.1. The van der Waals surface area contributed by atoms with Crippen LogP contribution >= 0.6 is 0 Å². The lowest BCUT2D eigenvalue weighted by atomic mass is 9.99. The molecule has 112 valence electrons. The van der Waals surface area contributed by atoms with Gasteiger partial charge in [-0.3, -0.25) is 0 Å². The second-order valence-corrected chi connectivity index (χ2v) is 5.30. The summed E-state index contributed by atoms with van der Waals surface area (Å²) in [5, 5.41) is 3.30. The van der Waals surface area contributed by atoms with Gasteiger partial charge in [-0.15, -0.1) is 0 Å². The van der Waals surface area contributed by atoms with Gasteiger partial charge in [0.1, 0.15) is 5.82 Å². The van der Waals surface area contributed by atoms with E-state index in [0.717, 1.165) is 43.9 Å². The van der Waals surface area contributed by atoms with E-state index in [0.29, 0.717) is 17.2 Å². The van der Waals surface area contributed by atoms with Crippen LogP contribution in [0.15, 0.2) is 30.5 Å². The van der Waals surface area contributed by atoms with E-state index in [1.54, 1.807) is 12.3 Å². The molecule has 1 aliphatic heterocycles. The van der Waals surface area contributed by atoms with Gasteiger partial charge in [0.2, 0.25) is 0 Å². The zero-order valence-electron chi connectivity index (χ0n) is 11.4. The van der Waals surface area contributed by atoms with Crippen molar-refractivity contribution in [1.82, 2.24) is 15.3 Å². The number of hydrogen-bond donors (Lipinski definition) is 2. The fourth-order valence-electron chi connectivity index (χ4n) is 2.64. The number of aromatic nitrogens is 2. The summed E-state index contributed by atoms with van der Waals surface area (Å²) in [4.78, 5) is 7.49. The van der Waals surface area contributed by atoms with Crippen molar-refractivity contribution >= 4 is 0 Å². The number of imidazole rings is 1. The molecule has 21 heavy (non-hydrogen) atoms. The first-order chi connectivity index (χ1) is 10.0. The van der Waals surface area contributed by atoms with Gasteiger partial charge in [0, 0.05) is 18.0 Å². The molecule has 6 heteroatoms. The second kappa shape index (κ2) is 5.52. The Morgan fingerprint density at radius 2 is 2.10 bits per heavy atom. The molecule has 2 heterocycles. The average Bonchev–Trinajstić information content (AvgIpc) is 2.97. The number of halogens is 3. The number of H-pyrrole nitrogens is 1. The number of piperidine rings is 1. The minimum absolute atomic E-state index is 0.304. The number of rotatable bonds is 2. The second-order valence-electron chi connectivity index (χ2n) is 5.30. The van der Waals surface area contributed by atoms with Crippen LogP contribution in [0.3, 0.4) is 0 Å². The summed E-state index contributed by atoms with van der Waals surface area (Å²) in [6.45, 7) is 1.87. The standard InChI is InChI=1S/C15H16F3N3/c16-15(17,18)12-5-1-3-10(7-12)13-9-20-14(21-13)11-4-2-6-19-8-11/h1,3,5,7,9,11,19H,2,4,6,8H2,(H,20,21). The molecule has 0 spiro atoms. The first-order valence-electron chi connectivity index (χ1n) is 6.97. The molecule has 3 nitrogen and oxygen atoms in total. The van der Waals surface area contributed by atoms with Crippen LogP contribution in [0.4, 0.5) is 13.2 Å². The van der Waals surface area contributed by atoms with E-state index in [2.05, 4.69) is 15.3 Å². The van der Waals surface area contributed by atoms with Crippen molar-refractivity contribution in [2.45, 2.75) is 24.9 Å². The molecular weight excluding hydrogens is 279 g/mol. The first-order valence-corrected chi connectivity index (χ1v) is 6.97. The number of nitrogens with zero attached hydrogens (tertiary/aromatic N) is 1. The van der Waals surface area contributed by atoms with Gasteiger partial charge in [0.05, 0.1) is 17.5 Å². The monoisotopic (exact) mass is 295 g/mol. The molecule has 0 bridgehead atoms. The molecule has 0 radical (unpaired) electrons. The molecule has 0 saturated carbocycles. The molecule has 1 aromatic heterocycles. The molecule has 0 aliphatic carbocycles. The van der Waals surface area contributed by atoms with Gasteiger partial charge in [0.25, 0.3) is 0 Å². The van der Waals surface area contributed by atoms with E-state index < -0.39 is 11.7 Å². The molecule has 1 fully saturated rings. The largest absolute Gasteiger partial charge is 0.416 e. The van der Waals surface area contributed by atoms with Crippen LogP contribution in [0.1, 0.15) is 30.1 Å². The number of alkyl halides is 3. The fourth-order valence-corrected chi connectivity index (χ4v) is 2.64. The SMILES string of the molecule is FC(F)(F)c1cccc(-c2cnc(C3CCCNC3)[nH]2)c1. The highest BCUT2D eigenvalue weighted by Gasteiger charge is 2.30. The molecule has 1 atom stereocenters. The summed E-state index contributed by atoms with van der Waals surface area (Å²) < 4.78 is 38.2. The summed E-state index contributed by atoms with van der Waals surface area (Å²) in [5.74, 6) is 1.15. The highest BCUT2D eigenvalue weighted by atomic mass is 19.4. The fraction of sp³-hybridized carbons (Fsp3) is 0.400. The van der Waals surface area contributed by atoms with Gasteiger partial charge < -0.3 is 10.3 Å². The van der Waals surface area contributed by atoms with Gasteiger partial charge in [-0.2, -0.15) is 13.2 Å². The highest BCUT2D eigenvalue weighted by molar-refractivity contribution is 5.59. The lowest BCUT2D eigenvalue weighted by Gasteiger charge is -2.20. The van der Waals surface area contributed by atoms with Crippen LogP contribution in [0.2, 0.25) is 0 Å². The Labute approximate surface area is 120 Å². The lowest BCUT2D eigenvalue weighted by Crippen LogP contribution is -2.28. The molecule has 1 aromatic carbocycles. The molecular formula is C15H16F3N3. The van der Waals surface area contributed by atoms with E-state index >= 15 is 0 Å². The highest BCUT2D eigenvalue weighted by Crippen LogP contribution is 2.32. The van der Waals surface area contributed by atoms with E-state index in [4.69, 9.17) is 0 Å². The van der Waals surface area contributed by atoms with Crippen molar-refractivity contribution in [3.8, 4) is 11.3 Å². The topological polar surface area (TPSA) is 40.7 Å². The summed E-state index contributed by atoms with van der Waals surface area (Å²) >= 11 is 0. The summed E-state index contributed by atoms with van der Waals surface area (Å²) in [6.07, 6.45) is -0.585. The van der Waals surface area contributed by atoms with Crippen molar-refractivity contribution in [3.63, 3.8) is 0 Å². The van der Waals surface area contributed by atoms with E-state index in [9.17, 15) is 13.2 Å². The number of nitrogens with one attached hydrogen (secondary N) is 2. The van der Waals surface area contributed by atoms with Gasteiger partial charge in [-0.25, -0.2) is 4.98 Å². The molecule has 3 rings (SSSR count). The van der Waals surface area contributed by atoms with Gasteiger partial charge in [-0.05, 0) is 31.5 Å². The van der Waals surface area contributed by atoms with Gasteiger partial charge in [0.15, 0.2) is 0 Å². The number of hydrogen-bond acceptors (Lipinski definition) is 2. The van der Waals surface area contributed by atoms with Gasteiger partial charge >= 0.3 is 6.18 Å². The van der Waals surface area contributed by atoms with Crippen LogP contribution in [0.25, 0.3) is 11.3 Å². The maximum absolute atomic E-state index is 12.7. The molecule has 2 N–H and O–H groups in total.